The van der Waals surface area contributed by atoms with E-state index in [2.05, 4.69) is 31.8 Å². The van der Waals surface area contributed by atoms with E-state index in [0.717, 1.165) is 65.9 Å². The largest absolute Gasteiger partial charge is 0.393 e. The maximum absolute atomic E-state index is 14.4. The van der Waals surface area contributed by atoms with Crippen LogP contribution < -0.4 is 0 Å². The Morgan fingerprint density at radius 1 is 0.683 bits per heavy atom. The van der Waals surface area contributed by atoms with Gasteiger partial charge in [0.2, 0.25) is 0 Å². The molecule has 8 fully saturated rings. The topological polar surface area (TPSA) is 171 Å². The lowest BCUT2D eigenvalue weighted by atomic mass is 9.46. The van der Waals surface area contributed by atoms with Crippen molar-refractivity contribution in [2.75, 3.05) is 11.5 Å². The number of carbonyl (C=O) groups excluding carboxylic acids is 4. The number of thiazole rings is 2. The maximum atomic E-state index is 14.4. The molecule has 17 atom stereocenters. The molecule has 82 heavy (non-hydrogen) atoms. The van der Waals surface area contributed by atoms with Crippen LogP contribution in [0.1, 0.15) is 106 Å². The molecule has 11 unspecified atom stereocenters. The fraction of sp³-hybridized carbons (Fsp3) is 0.587. The minimum absolute atomic E-state index is 0.00367. The van der Waals surface area contributed by atoms with Crippen LogP contribution in [-0.2, 0) is 38.1 Å². The van der Waals surface area contributed by atoms with Crippen LogP contribution in [0.15, 0.2) is 105 Å². The summed E-state index contributed by atoms with van der Waals surface area (Å²) < 4.78 is 69.1. The molecule has 0 amide bonds. The number of carbonyl (C=O) groups is 4. The zero-order chi connectivity index (χ0) is 57.7. The summed E-state index contributed by atoms with van der Waals surface area (Å²) in [5.41, 5.74) is -0.887. The van der Waals surface area contributed by atoms with Gasteiger partial charge in [-0.05, 0) is 137 Å². The Bertz CT molecular complexity index is 3360. The highest BCUT2D eigenvalue weighted by molar-refractivity contribution is 8.02. The van der Waals surface area contributed by atoms with Gasteiger partial charge in [0, 0.05) is 46.3 Å². The lowest BCUT2D eigenvalue weighted by molar-refractivity contribution is -0.223. The lowest BCUT2D eigenvalue weighted by Crippen LogP contribution is -2.63. The number of nitrogens with zero attached hydrogens (tertiary/aromatic N) is 2. The minimum atomic E-state index is -4.37. The number of rotatable bonds is 10. The molecule has 19 heteroatoms. The first-order valence-electron chi connectivity index (χ1n) is 28.9. The highest BCUT2D eigenvalue weighted by atomic mass is 32.2. The second kappa shape index (κ2) is 20.1. The van der Waals surface area contributed by atoms with Crippen molar-refractivity contribution in [1.29, 1.82) is 0 Å². The van der Waals surface area contributed by atoms with Crippen molar-refractivity contribution in [1.82, 2.24) is 9.97 Å². The normalized spacial score (nSPS) is 41.0. The first-order chi connectivity index (χ1) is 38.8. The number of alkyl halides is 3. The fourth-order valence-electron chi connectivity index (χ4n) is 18.3. The second-order valence-corrected chi connectivity index (χ2v) is 30.6. The number of hydrogen-bond donors (Lipinski definition) is 2. The standard InChI is InChI=1S/C32H34F3NO5S2.C31H35NO5S2/c1-29-11-9-18(37)13-17(29)7-8-19-20-14-25-32(30(20,2)15-22(38)27(19)29,41-26(40-25)10-12-31(33,34)35)24(39)16-42-28-36-21-5-3-4-6-23(21)43-28;1-28(2)36-25-14-20-19-10-9-17-13-18(33)11-12-29(17,3)26(19)22(34)15-30(20,4)31(25,37-28)24(35)16-38-27-32-21-7-5-6-8-23(21)39-27/h3-6,9,11,13,19-20,22,25-27,38H,7-8,10,12,14-16H2,1-2H3;5-8,11-13,19-20,22,25-26,34H,9-10,14-16H2,1-4H3/t19?,20?,22-,25+,26?,27?,29?,30?,32+;19?,20?,22-,25+,26?,29?,30?,31+/m00/s1. The molecule has 6 saturated carbocycles. The Morgan fingerprint density at radius 2 is 1.16 bits per heavy atom. The maximum Gasteiger partial charge on any atom is 0.389 e. The summed E-state index contributed by atoms with van der Waals surface area (Å²) in [6.07, 6.45) is 6.34. The monoisotopic (exact) mass is 1200 g/mol. The van der Waals surface area contributed by atoms with Gasteiger partial charge in [-0.25, -0.2) is 9.97 Å². The zero-order valence-corrected chi connectivity index (χ0v) is 50.0. The number of thioether (sulfide) groups is 2. The molecule has 0 radical (unpaired) electrons. The molecule has 4 aromatic rings. The molecule has 2 N–H and O–H groups in total. The summed E-state index contributed by atoms with van der Waals surface area (Å²) in [5.74, 6) is -0.588. The van der Waals surface area contributed by atoms with Gasteiger partial charge in [0.05, 0.1) is 56.4 Å². The summed E-state index contributed by atoms with van der Waals surface area (Å²) in [4.78, 5) is 62.5. The SMILES string of the molecule is CC1(C)O[C@@H]2CC3C4CCC5=CC(=O)C=CC5(C)C4[C@@H](O)CC3(C)[C@]2(C(=O)CSc2nc3ccccc3s2)O1.CC12C=CC(=O)C=C1CCC1C2[C@@H](O)CC2(C)C1C[C@H]1OC(CCC(F)(F)F)O[C@]12C(=O)CSc1nc2ccccc2s1. The molecule has 0 bridgehead atoms. The number of halogens is 3. The van der Waals surface area contributed by atoms with Crippen LogP contribution in [0, 0.1) is 57.2 Å². The van der Waals surface area contributed by atoms with E-state index in [9.17, 15) is 42.6 Å². The zero-order valence-electron chi connectivity index (χ0n) is 46.7. The number of Topliss-reactive ketones (excluding diaryl/α,β-unsaturated/α-hetero) is 2. The van der Waals surface area contributed by atoms with E-state index in [0.29, 0.717) is 19.3 Å². The molecule has 2 aromatic heterocycles. The average molecular weight is 1200 g/mol. The van der Waals surface area contributed by atoms with Crippen molar-refractivity contribution in [2.24, 2.45) is 57.2 Å². The van der Waals surface area contributed by atoms with Crippen LogP contribution in [0.3, 0.4) is 0 Å². The van der Waals surface area contributed by atoms with Crippen molar-refractivity contribution in [3.63, 3.8) is 0 Å². The molecule has 2 aliphatic heterocycles. The van der Waals surface area contributed by atoms with Crippen LogP contribution in [0.5, 0.6) is 0 Å². The van der Waals surface area contributed by atoms with E-state index in [-0.39, 0.29) is 94.5 Å². The Morgan fingerprint density at radius 3 is 1.66 bits per heavy atom. The number of aromatic nitrogens is 2. The van der Waals surface area contributed by atoms with Crippen molar-refractivity contribution < 1.29 is 61.5 Å². The van der Waals surface area contributed by atoms with E-state index in [1.54, 1.807) is 35.6 Å². The van der Waals surface area contributed by atoms with Crippen LogP contribution in [0.2, 0.25) is 0 Å². The number of hydrogen-bond acceptors (Lipinski definition) is 16. The molecule has 12 nitrogen and oxygen atoms in total. The molecule has 2 saturated heterocycles. The summed E-state index contributed by atoms with van der Waals surface area (Å²) in [5, 5.41) is 23.7. The van der Waals surface area contributed by atoms with Crippen LogP contribution in [0.25, 0.3) is 20.4 Å². The fourth-order valence-corrected chi connectivity index (χ4v) is 22.3. The van der Waals surface area contributed by atoms with Gasteiger partial charge in [-0.1, -0.05) is 98.8 Å². The van der Waals surface area contributed by atoms with Crippen LogP contribution in [-0.4, -0.2) is 109 Å². The van der Waals surface area contributed by atoms with Crippen LogP contribution in [0.4, 0.5) is 13.2 Å². The number of benzene rings is 2. The first kappa shape index (κ1) is 57.2. The van der Waals surface area contributed by atoms with Gasteiger partial charge in [-0.3, -0.25) is 19.2 Å². The number of fused-ring (bicyclic) bond motifs is 16. The number of aliphatic hydroxyl groups is 2. The van der Waals surface area contributed by atoms with Gasteiger partial charge in [-0.2, -0.15) is 13.2 Å². The Kier molecular flexibility index (Phi) is 14.0. The third kappa shape index (κ3) is 8.86. The third-order valence-electron chi connectivity index (χ3n) is 21.5. The minimum Gasteiger partial charge on any atom is -0.393 e. The van der Waals surface area contributed by atoms with E-state index in [4.69, 9.17) is 23.9 Å². The molecule has 14 rings (SSSR count). The summed E-state index contributed by atoms with van der Waals surface area (Å²) in [7, 11) is 0. The van der Waals surface area contributed by atoms with E-state index in [1.165, 1.54) is 34.9 Å². The van der Waals surface area contributed by atoms with E-state index in [1.807, 2.05) is 75.4 Å². The molecule has 10 aliphatic rings. The molecule has 436 valence electrons. The quantitative estimate of drug-likeness (QED) is 0.144. The molecule has 2 aromatic carbocycles. The lowest BCUT2D eigenvalue weighted by Gasteiger charge is -2.60. The van der Waals surface area contributed by atoms with Gasteiger partial charge < -0.3 is 29.2 Å². The van der Waals surface area contributed by atoms with Crippen molar-refractivity contribution in [2.45, 2.75) is 168 Å². The van der Waals surface area contributed by atoms with E-state index < -0.39 is 70.4 Å². The molecular weight excluding hydrogens is 1130 g/mol. The molecule has 8 aliphatic carbocycles. The predicted octanol–water partition coefficient (Wildman–Crippen LogP) is 12.4. The highest BCUT2D eigenvalue weighted by Crippen LogP contribution is 2.72. The number of aliphatic hydroxyl groups excluding tert-OH is 2. The van der Waals surface area contributed by atoms with E-state index >= 15 is 0 Å². The van der Waals surface area contributed by atoms with Crippen molar-refractivity contribution in [3.8, 4) is 0 Å². The number of para-hydroxylation sites is 2. The van der Waals surface area contributed by atoms with Gasteiger partial charge in [-0.15, -0.1) is 22.7 Å². The van der Waals surface area contributed by atoms with Crippen molar-refractivity contribution in [3.05, 3.63) is 96.1 Å². The van der Waals surface area contributed by atoms with Gasteiger partial charge >= 0.3 is 6.18 Å². The Balaban J connectivity index is 0.000000155. The molecule has 4 heterocycles. The predicted molar refractivity (Wildman–Crippen MR) is 308 cm³/mol. The van der Waals surface area contributed by atoms with Crippen LogP contribution >= 0.6 is 46.2 Å². The summed E-state index contributed by atoms with van der Waals surface area (Å²) in [6.45, 7) is 12.2. The molecule has 0 spiro atoms. The summed E-state index contributed by atoms with van der Waals surface area (Å²) in [6, 6.07) is 15.7. The summed E-state index contributed by atoms with van der Waals surface area (Å²) >= 11 is 5.88. The van der Waals surface area contributed by atoms with Crippen molar-refractivity contribution >= 4 is 89.8 Å². The van der Waals surface area contributed by atoms with Gasteiger partial charge in [0.25, 0.3) is 0 Å². The Labute approximate surface area is 491 Å². The molecular formula is C63H69F3N2O10S4. The second-order valence-electron chi connectivity index (χ2n) is 26.1. The highest BCUT2D eigenvalue weighted by Gasteiger charge is 2.78. The van der Waals surface area contributed by atoms with Gasteiger partial charge in [0.15, 0.2) is 55.1 Å². The number of ether oxygens (including phenoxy) is 4. The first-order valence-corrected chi connectivity index (χ1v) is 32.5. The number of ketones is 4. The Hall–Kier alpha value is -3.89. The number of allylic oxidation sites excluding steroid dienone is 8. The third-order valence-corrected chi connectivity index (χ3v) is 25.8. The van der Waals surface area contributed by atoms with Gasteiger partial charge in [0.1, 0.15) is 0 Å². The smallest absolute Gasteiger partial charge is 0.389 e. The average Bonchev–Trinajstić information content (AvgIpc) is 1.85.